The van der Waals surface area contributed by atoms with Crippen molar-refractivity contribution in [2.75, 3.05) is 7.05 Å². The Labute approximate surface area is 112 Å². The molecule has 0 atom stereocenters. The van der Waals surface area contributed by atoms with Crippen molar-refractivity contribution in [3.63, 3.8) is 0 Å². The Kier molecular flexibility index (Phi) is 3.03. The van der Waals surface area contributed by atoms with E-state index in [1.54, 1.807) is 0 Å². The SMILES string of the molecule is CN(C(=O)Cn1ccc2cccc(CO)c21)C1CC1. The lowest BCUT2D eigenvalue weighted by Crippen LogP contribution is -2.31. The van der Waals surface area contributed by atoms with Crippen LogP contribution in [0.25, 0.3) is 10.9 Å². The number of rotatable bonds is 4. The van der Waals surface area contributed by atoms with Crippen molar-refractivity contribution < 1.29 is 9.90 Å². The summed E-state index contributed by atoms with van der Waals surface area (Å²) in [6.07, 6.45) is 4.16. The summed E-state index contributed by atoms with van der Waals surface area (Å²) < 4.78 is 1.93. The second kappa shape index (κ2) is 4.70. The van der Waals surface area contributed by atoms with Gasteiger partial charge in [0.25, 0.3) is 0 Å². The molecule has 100 valence electrons. The van der Waals surface area contributed by atoms with E-state index in [1.165, 1.54) is 0 Å². The van der Waals surface area contributed by atoms with Crippen LogP contribution < -0.4 is 0 Å². The largest absolute Gasteiger partial charge is 0.392 e. The van der Waals surface area contributed by atoms with Crippen molar-refractivity contribution in [3.05, 3.63) is 36.0 Å². The van der Waals surface area contributed by atoms with Gasteiger partial charge < -0.3 is 14.6 Å². The molecule has 1 amide bonds. The molecular weight excluding hydrogens is 240 g/mol. The Bertz CT molecular complexity index is 614. The van der Waals surface area contributed by atoms with Crippen molar-refractivity contribution in [1.29, 1.82) is 0 Å². The first kappa shape index (κ1) is 12.2. The number of likely N-dealkylation sites (N-methyl/N-ethyl adjacent to an activating group) is 1. The van der Waals surface area contributed by atoms with Gasteiger partial charge in [0.05, 0.1) is 12.1 Å². The number of aliphatic hydroxyl groups is 1. The fourth-order valence-corrected chi connectivity index (χ4v) is 2.52. The third-order valence-electron chi connectivity index (χ3n) is 3.84. The first-order valence-electron chi connectivity index (χ1n) is 6.64. The number of hydrogen-bond donors (Lipinski definition) is 1. The standard InChI is InChI=1S/C15H18N2O2/c1-16(13-5-6-13)14(19)9-17-8-7-11-3-2-4-12(10-18)15(11)17/h2-4,7-8,13,18H,5-6,9-10H2,1H3. The molecule has 1 saturated carbocycles. The highest BCUT2D eigenvalue weighted by Gasteiger charge is 2.29. The monoisotopic (exact) mass is 258 g/mol. The molecule has 0 bridgehead atoms. The van der Waals surface area contributed by atoms with Crippen LogP contribution in [0.1, 0.15) is 18.4 Å². The highest BCUT2D eigenvalue weighted by Crippen LogP contribution is 2.26. The molecule has 0 unspecified atom stereocenters. The number of aliphatic hydroxyl groups excluding tert-OH is 1. The Morgan fingerprint density at radius 2 is 2.21 bits per heavy atom. The van der Waals surface area contributed by atoms with Crippen LogP contribution in [0.3, 0.4) is 0 Å². The van der Waals surface area contributed by atoms with E-state index in [-0.39, 0.29) is 12.5 Å². The van der Waals surface area contributed by atoms with E-state index in [0.29, 0.717) is 12.6 Å². The van der Waals surface area contributed by atoms with Gasteiger partial charge in [0.15, 0.2) is 0 Å². The Balaban J connectivity index is 1.90. The smallest absolute Gasteiger partial charge is 0.242 e. The van der Waals surface area contributed by atoms with E-state index in [0.717, 1.165) is 29.3 Å². The van der Waals surface area contributed by atoms with Gasteiger partial charge in [0.1, 0.15) is 6.54 Å². The van der Waals surface area contributed by atoms with Gasteiger partial charge in [0.2, 0.25) is 5.91 Å². The van der Waals surface area contributed by atoms with Gasteiger partial charge in [0, 0.05) is 24.8 Å². The van der Waals surface area contributed by atoms with E-state index in [1.807, 2.05) is 47.0 Å². The van der Waals surface area contributed by atoms with Crippen LogP contribution in [0.15, 0.2) is 30.5 Å². The fraction of sp³-hybridized carbons (Fsp3) is 0.400. The van der Waals surface area contributed by atoms with Gasteiger partial charge in [-0.2, -0.15) is 0 Å². The van der Waals surface area contributed by atoms with Gasteiger partial charge >= 0.3 is 0 Å². The zero-order valence-corrected chi connectivity index (χ0v) is 11.0. The van der Waals surface area contributed by atoms with Crippen LogP contribution in [0, 0.1) is 0 Å². The summed E-state index contributed by atoms with van der Waals surface area (Å²) in [4.78, 5) is 14.0. The minimum absolute atomic E-state index is 0.00594. The van der Waals surface area contributed by atoms with Gasteiger partial charge in [-0.05, 0) is 24.3 Å². The predicted octanol–water partition coefficient (Wildman–Crippen LogP) is 1.75. The molecule has 1 fully saturated rings. The molecule has 19 heavy (non-hydrogen) atoms. The van der Waals surface area contributed by atoms with E-state index in [2.05, 4.69) is 0 Å². The molecule has 4 heteroatoms. The normalized spacial score (nSPS) is 14.8. The third-order valence-corrected chi connectivity index (χ3v) is 3.84. The average Bonchev–Trinajstić information content (AvgIpc) is 3.20. The maximum Gasteiger partial charge on any atom is 0.242 e. The minimum Gasteiger partial charge on any atom is -0.392 e. The quantitative estimate of drug-likeness (QED) is 0.908. The lowest BCUT2D eigenvalue weighted by Gasteiger charge is -2.17. The first-order chi connectivity index (χ1) is 9.20. The maximum atomic E-state index is 12.2. The molecule has 1 N–H and O–H groups in total. The molecule has 4 nitrogen and oxygen atoms in total. The molecule has 0 saturated heterocycles. The third kappa shape index (κ3) is 2.24. The summed E-state index contributed by atoms with van der Waals surface area (Å²) in [5.41, 5.74) is 1.83. The Morgan fingerprint density at radius 3 is 2.89 bits per heavy atom. The minimum atomic E-state index is -0.00594. The summed E-state index contributed by atoms with van der Waals surface area (Å²) >= 11 is 0. The number of benzene rings is 1. The number of hydrogen-bond acceptors (Lipinski definition) is 2. The van der Waals surface area contributed by atoms with E-state index in [4.69, 9.17) is 0 Å². The second-order valence-electron chi connectivity index (χ2n) is 5.19. The molecule has 2 aromatic rings. The molecule has 0 spiro atoms. The van der Waals surface area contributed by atoms with Crippen LogP contribution in [0.4, 0.5) is 0 Å². The van der Waals surface area contributed by atoms with Crippen molar-refractivity contribution >= 4 is 16.8 Å². The number of fused-ring (bicyclic) bond motifs is 1. The summed E-state index contributed by atoms with van der Waals surface area (Å²) in [7, 11) is 1.87. The Hall–Kier alpha value is -1.81. The molecule has 1 aromatic heterocycles. The molecule has 1 aliphatic carbocycles. The number of aromatic nitrogens is 1. The van der Waals surface area contributed by atoms with Gasteiger partial charge in [-0.15, -0.1) is 0 Å². The summed E-state index contributed by atoms with van der Waals surface area (Å²) in [6.45, 7) is 0.335. The highest BCUT2D eigenvalue weighted by molar-refractivity contribution is 5.85. The van der Waals surface area contributed by atoms with Crippen LogP contribution in [-0.4, -0.2) is 33.6 Å². The van der Waals surface area contributed by atoms with Crippen LogP contribution in [0.2, 0.25) is 0 Å². The van der Waals surface area contributed by atoms with Gasteiger partial charge in [-0.1, -0.05) is 18.2 Å². The molecule has 0 aliphatic heterocycles. The highest BCUT2D eigenvalue weighted by atomic mass is 16.3. The first-order valence-corrected chi connectivity index (χ1v) is 6.64. The number of carbonyl (C=O) groups excluding carboxylic acids is 1. The summed E-state index contributed by atoms with van der Waals surface area (Å²) in [5, 5.41) is 10.5. The van der Waals surface area contributed by atoms with E-state index < -0.39 is 0 Å². The molecule has 3 rings (SSSR count). The van der Waals surface area contributed by atoms with Crippen LogP contribution >= 0.6 is 0 Å². The van der Waals surface area contributed by atoms with Crippen molar-refractivity contribution in [1.82, 2.24) is 9.47 Å². The second-order valence-corrected chi connectivity index (χ2v) is 5.19. The zero-order valence-electron chi connectivity index (χ0n) is 11.0. The molecule has 1 heterocycles. The summed E-state index contributed by atoms with van der Waals surface area (Å²) in [6, 6.07) is 8.25. The van der Waals surface area contributed by atoms with Crippen molar-refractivity contribution in [2.24, 2.45) is 0 Å². The average molecular weight is 258 g/mol. The topological polar surface area (TPSA) is 45.5 Å². The van der Waals surface area contributed by atoms with Crippen molar-refractivity contribution in [2.45, 2.75) is 32.0 Å². The number of carbonyl (C=O) groups is 1. The molecular formula is C15H18N2O2. The lowest BCUT2D eigenvalue weighted by molar-refractivity contribution is -0.130. The maximum absolute atomic E-state index is 12.2. The molecule has 1 aliphatic rings. The predicted molar refractivity (Wildman–Crippen MR) is 73.7 cm³/mol. The fourth-order valence-electron chi connectivity index (χ4n) is 2.52. The number of amides is 1. The van der Waals surface area contributed by atoms with Gasteiger partial charge in [-0.25, -0.2) is 0 Å². The van der Waals surface area contributed by atoms with Gasteiger partial charge in [-0.3, -0.25) is 4.79 Å². The zero-order chi connectivity index (χ0) is 13.4. The van der Waals surface area contributed by atoms with E-state index in [9.17, 15) is 9.90 Å². The lowest BCUT2D eigenvalue weighted by atomic mass is 10.1. The molecule has 1 aromatic carbocycles. The number of nitrogens with zero attached hydrogens (tertiary/aromatic N) is 2. The summed E-state index contributed by atoms with van der Waals surface area (Å²) in [5.74, 6) is 0.132. The Morgan fingerprint density at radius 1 is 1.42 bits per heavy atom. The van der Waals surface area contributed by atoms with Crippen LogP contribution in [-0.2, 0) is 17.9 Å². The van der Waals surface area contributed by atoms with Crippen molar-refractivity contribution in [3.8, 4) is 0 Å². The molecule has 0 radical (unpaired) electrons. The van der Waals surface area contributed by atoms with Crippen LogP contribution in [0.5, 0.6) is 0 Å². The van der Waals surface area contributed by atoms with E-state index >= 15 is 0 Å². The number of para-hydroxylation sites is 1.